The van der Waals surface area contributed by atoms with Crippen LogP contribution in [0.1, 0.15) is 11.1 Å². The first-order valence-corrected chi connectivity index (χ1v) is 4.97. The van der Waals surface area contributed by atoms with Gasteiger partial charge in [-0.1, -0.05) is 17.7 Å². The number of aryl methyl sites for hydroxylation is 2. The largest absolute Gasteiger partial charge is 0.332 e. The second-order valence-electron chi connectivity index (χ2n) is 3.77. The number of hydrogen-bond donors (Lipinski definition) is 1. The van der Waals surface area contributed by atoms with Gasteiger partial charge in [0.25, 0.3) is 5.56 Å². The van der Waals surface area contributed by atoms with E-state index in [1.54, 1.807) is 0 Å². The van der Waals surface area contributed by atoms with Gasteiger partial charge in [-0.05, 0) is 25.5 Å². The van der Waals surface area contributed by atoms with Crippen LogP contribution in [0.3, 0.4) is 0 Å². The zero-order chi connectivity index (χ0) is 11.7. The van der Waals surface area contributed by atoms with Crippen molar-refractivity contribution in [2.24, 2.45) is 0 Å². The predicted molar refractivity (Wildman–Crippen MR) is 62.1 cm³/mol. The molecule has 2 rings (SSSR count). The smallest absolute Gasteiger partial charge is 0.274 e. The Hall–Kier alpha value is -2.10. The molecule has 2 aromatic rings. The summed E-state index contributed by atoms with van der Waals surface area (Å²) in [5.74, 6) is 0. The fourth-order valence-corrected chi connectivity index (χ4v) is 1.68. The minimum absolute atomic E-state index is 0.383. The third-order valence-corrected chi connectivity index (χ3v) is 2.44. The monoisotopic (exact) mass is 216 g/mol. The van der Waals surface area contributed by atoms with Gasteiger partial charge in [0.05, 0.1) is 5.69 Å². The molecule has 1 aromatic heterocycles. The lowest BCUT2D eigenvalue weighted by atomic mass is 10.1. The molecule has 4 nitrogen and oxygen atoms in total. The van der Waals surface area contributed by atoms with E-state index in [2.05, 4.69) is 4.98 Å². The maximum absolute atomic E-state index is 11.6. The Labute approximate surface area is 92.2 Å². The van der Waals surface area contributed by atoms with Crippen molar-refractivity contribution in [3.63, 3.8) is 0 Å². The van der Waals surface area contributed by atoms with Crippen LogP contribution in [0, 0.1) is 13.8 Å². The Morgan fingerprint density at radius 1 is 1.12 bits per heavy atom. The summed E-state index contributed by atoms with van der Waals surface area (Å²) in [6.07, 6.45) is 1.48. The van der Waals surface area contributed by atoms with Crippen LogP contribution in [-0.4, -0.2) is 9.55 Å². The third-order valence-electron chi connectivity index (χ3n) is 2.44. The Bertz CT molecular complexity index is 638. The summed E-state index contributed by atoms with van der Waals surface area (Å²) in [4.78, 5) is 24.8. The molecule has 1 heterocycles. The van der Waals surface area contributed by atoms with Crippen LogP contribution in [0.2, 0.25) is 0 Å². The Morgan fingerprint density at radius 2 is 1.88 bits per heavy atom. The van der Waals surface area contributed by atoms with Crippen molar-refractivity contribution < 1.29 is 0 Å². The van der Waals surface area contributed by atoms with Crippen LogP contribution in [0.25, 0.3) is 5.69 Å². The maximum atomic E-state index is 11.6. The lowest BCUT2D eigenvalue weighted by molar-refractivity contribution is 0.889. The minimum Gasteiger partial charge on any atom is -0.274 e. The van der Waals surface area contributed by atoms with Crippen LogP contribution in [0.4, 0.5) is 0 Å². The lowest BCUT2D eigenvalue weighted by Crippen LogP contribution is -2.27. The summed E-state index contributed by atoms with van der Waals surface area (Å²) < 4.78 is 1.43. The molecule has 0 amide bonds. The van der Waals surface area contributed by atoms with Gasteiger partial charge in [-0.3, -0.25) is 14.3 Å². The Morgan fingerprint density at radius 3 is 2.50 bits per heavy atom. The standard InChI is InChI=1S/C12H12N2O2/c1-8-3-4-10(9(2)7-8)14-6-5-11(15)13-12(14)16/h3-7H,1-2H3,(H,13,15,16). The van der Waals surface area contributed by atoms with Gasteiger partial charge < -0.3 is 0 Å². The molecule has 0 bridgehead atoms. The van der Waals surface area contributed by atoms with Gasteiger partial charge in [0.1, 0.15) is 0 Å². The van der Waals surface area contributed by atoms with Crippen molar-refractivity contribution in [2.45, 2.75) is 13.8 Å². The number of hydrogen-bond acceptors (Lipinski definition) is 2. The minimum atomic E-state index is -0.417. The van der Waals surface area contributed by atoms with Crippen molar-refractivity contribution in [2.75, 3.05) is 0 Å². The molecule has 0 aliphatic carbocycles. The highest BCUT2D eigenvalue weighted by Gasteiger charge is 2.03. The van der Waals surface area contributed by atoms with Crippen LogP contribution in [0.5, 0.6) is 0 Å². The molecule has 0 saturated heterocycles. The molecule has 0 spiro atoms. The maximum Gasteiger partial charge on any atom is 0.332 e. The van der Waals surface area contributed by atoms with Gasteiger partial charge in [-0.25, -0.2) is 4.79 Å². The van der Waals surface area contributed by atoms with Gasteiger partial charge in [0.2, 0.25) is 0 Å². The van der Waals surface area contributed by atoms with Gasteiger partial charge in [0.15, 0.2) is 0 Å². The lowest BCUT2D eigenvalue weighted by Gasteiger charge is -2.08. The van der Waals surface area contributed by atoms with E-state index in [0.717, 1.165) is 16.8 Å². The fraction of sp³-hybridized carbons (Fsp3) is 0.167. The SMILES string of the molecule is Cc1ccc(-n2ccc(=O)[nH]c2=O)c(C)c1. The second kappa shape index (κ2) is 3.81. The van der Waals surface area contributed by atoms with E-state index in [0.29, 0.717) is 0 Å². The molecular weight excluding hydrogens is 204 g/mol. The van der Waals surface area contributed by atoms with E-state index in [-0.39, 0.29) is 5.56 Å². The summed E-state index contributed by atoms with van der Waals surface area (Å²) in [5, 5.41) is 0. The third kappa shape index (κ3) is 1.82. The van der Waals surface area contributed by atoms with E-state index in [1.165, 1.54) is 16.8 Å². The first-order chi connectivity index (χ1) is 7.58. The van der Waals surface area contributed by atoms with Gasteiger partial charge >= 0.3 is 5.69 Å². The summed E-state index contributed by atoms with van der Waals surface area (Å²) >= 11 is 0. The average Bonchev–Trinajstić information content (AvgIpc) is 2.19. The highest BCUT2D eigenvalue weighted by molar-refractivity contribution is 5.42. The predicted octanol–water partition coefficient (Wildman–Crippen LogP) is 1.14. The second-order valence-corrected chi connectivity index (χ2v) is 3.77. The summed E-state index contributed by atoms with van der Waals surface area (Å²) in [6, 6.07) is 7.12. The van der Waals surface area contributed by atoms with Gasteiger partial charge in [-0.15, -0.1) is 0 Å². The van der Waals surface area contributed by atoms with Crippen molar-refractivity contribution in [1.29, 1.82) is 0 Å². The van der Waals surface area contributed by atoms with Crippen molar-refractivity contribution in [3.05, 3.63) is 62.4 Å². The molecule has 0 radical (unpaired) electrons. The molecule has 0 saturated carbocycles. The number of aromatic amines is 1. The van der Waals surface area contributed by atoms with E-state index in [9.17, 15) is 9.59 Å². The van der Waals surface area contributed by atoms with Gasteiger partial charge in [0, 0.05) is 12.3 Å². The van der Waals surface area contributed by atoms with E-state index >= 15 is 0 Å². The summed E-state index contributed by atoms with van der Waals surface area (Å²) in [5.41, 5.74) is 2.12. The van der Waals surface area contributed by atoms with Crippen LogP contribution in [-0.2, 0) is 0 Å². The number of rotatable bonds is 1. The molecule has 0 aliphatic rings. The highest BCUT2D eigenvalue weighted by Crippen LogP contribution is 2.12. The quantitative estimate of drug-likeness (QED) is 0.777. The Balaban J connectivity index is 2.68. The van der Waals surface area contributed by atoms with E-state index < -0.39 is 5.69 Å². The molecule has 16 heavy (non-hydrogen) atoms. The van der Waals surface area contributed by atoms with E-state index in [4.69, 9.17) is 0 Å². The molecule has 0 unspecified atom stereocenters. The normalized spacial score (nSPS) is 10.4. The topological polar surface area (TPSA) is 54.9 Å². The zero-order valence-electron chi connectivity index (χ0n) is 9.15. The van der Waals surface area contributed by atoms with Crippen LogP contribution in [0.15, 0.2) is 40.1 Å². The highest BCUT2D eigenvalue weighted by atomic mass is 16.2. The molecule has 4 heteroatoms. The first-order valence-electron chi connectivity index (χ1n) is 4.97. The van der Waals surface area contributed by atoms with E-state index in [1.807, 2.05) is 32.0 Å². The molecule has 82 valence electrons. The van der Waals surface area contributed by atoms with Crippen molar-refractivity contribution >= 4 is 0 Å². The van der Waals surface area contributed by atoms with Crippen molar-refractivity contribution in [3.8, 4) is 5.69 Å². The number of H-pyrrole nitrogens is 1. The van der Waals surface area contributed by atoms with Crippen LogP contribution >= 0.6 is 0 Å². The van der Waals surface area contributed by atoms with Crippen molar-refractivity contribution in [1.82, 2.24) is 9.55 Å². The first kappa shape index (κ1) is 10.4. The molecule has 0 aliphatic heterocycles. The average molecular weight is 216 g/mol. The number of benzene rings is 1. The fourth-order valence-electron chi connectivity index (χ4n) is 1.68. The van der Waals surface area contributed by atoms with Gasteiger partial charge in [-0.2, -0.15) is 0 Å². The molecular formula is C12H12N2O2. The summed E-state index contributed by atoms with van der Waals surface area (Å²) in [6.45, 7) is 3.92. The molecule has 0 atom stereocenters. The zero-order valence-corrected chi connectivity index (χ0v) is 9.15. The summed E-state index contributed by atoms with van der Waals surface area (Å²) in [7, 11) is 0. The Kier molecular flexibility index (Phi) is 2.48. The molecule has 1 N–H and O–H groups in total. The van der Waals surface area contributed by atoms with Crippen LogP contribution < -0.4 is 11.2 Å². The molecule has 1 aromatic carbocycles. The molecule has 0 fully saturated rings. The number of nitrogens with one attached hydrogen (secondary N) is 1. The number of nitrogens with zero attached hydrogens (tertiary/aromatic N) is 1. The number of aromatic nitrogens is 2.